The quantitative estimate of drug-likeness (QED) is 0.395. The molecular formula is C22H46N2O. The zero-order valence-electron chi connectivity index (χ0n) is 19.9. The van der Waals surface area contributed by atoms with Crippen molar-refractivity contribution in [2.24, 2.45) is 15.8 Å². The van der Waals surface area contributed by atoms with E-state index in [2.05, 4.69) is 109 Å². The van der Waals surface area contributed by atoms with Crippen molar-refractivity contribution < 1.29 is 4.74 Å². The largest absolute Gasteiger partial charge is 0.459 e. The minimum atomic E-state index is -0.298. The van der Waals surface area contributed by atoms with Gasteiger partial charge < -0.3 is 9.64 Å². The standard InChI is InChI=1S/C22H46N2O/c1-18(2,3)16(19(4,5)6)23-17(25-22(13,14)15)24(20(7,8)9)21(10,11)12/h16H,1-15H3. The first-order valence-electron chi connectivity index (χ1n) is 9.64. The number of rotatable bonds is 1. The van der Waals surface area contributed by atoms with Crippen LogP contribution in [0.4, 0.5) is 0 Å². The fourth-order valence-electron chi connectivity index (χ4n) is 3.78. The lowest BCUT2D eigenvalue weighted by atomic mass is 9.72. The summed E-state index contributed by atoms with van der Waals surface area (Å²) in [5.74, 6) is 0. The summed E-state index contributed by atoms with van der Waals surface area (Å²) < 4.78 is 6.45. The maximum atomic E-state index is 6.45. The van der Waals surface area contributed by atoms with Crippen LogP contribution in [0.5, 0.6) is 0 Å². The Labute approximate surface area is 158 Å². The lowest BCUT2D eigenvalue weighted by molar-refractivity contribution is 0.0261. The molecule has 0 aliphatic rings. The number of hydrogen-bond donors (Lipinski definition) is 0. The van der Waals surface area contributed by atoms with Gasteiger partial charge in [0.15, 0.2) is 0 Å². The lowest BCUT2D eigenvalue weighted by Gasteiger charge is -2.49. The molecule has 0 saturated heterocycles. The van der Waals surface area contributed by atoms with E-state index >= 15 is 0 Å². The van der Waals surface area contributed by atoms with Crippen molar-refractivity contribution in [2.75, 3.05) is 0 Å². The molecule has 0 saturated carbocycles. The number of hydrogen-bond acceptors (Lipinski definition) is 2. The Morgan fingerprint density at radius 2 is 0.960 bits per heavy atom. The Balaban J connectivity index is 6.50. The Hall–Kier alpha value is -0.730. The van der Waals surface area contributed by atoms with Gasteiger partial charge in [-0.3, -0.25) is 0 Å². The molecule has 150 valence electrons. The third-order valence-corrected chi connectivity index (χ3v) is 3.81. The fourth-order valence-corrected chi connectivity index (χ4v) is 3.78. The summed E-state index contributed by atoms with van der Waals surface area (Å²) in [5, 5.41) is 0. The molecule has 0 bridgehead atoms. The van der Waals surface area contributed by atoms with E-state index in [4.69, 9.17) is 9.73 Å². The van der Waals surface area contributed by atoms with Crippen LogP contribution >= 0.6 is 0 Å². The molecule has 0 heterocycles. The molecule has 0 radical (unpaired) electrons. The molecule has 0 atom stereocenters. The van der Waals surface area contributed by atoms with Crippen LogP contribution in [0.1, 0.15) is 104 Å². The molecule has 0 aromatic carbocycles. The van der Waals surface area contributed by atoms with Gasteiger partial charge in [-0.05, 0) is 73.1 Å². The zero-order chi connectivity index (χ0) is 20.6. The van der Waals surface area contributed by atoms with Crippen molar-refractivity contribution in [1.29, 1.82) is 0 Å². The number of ether oxygens (including phenoxy) is 1. The second-order valence-electron chi connectivity index (χ2n) is 12.4. The summed E-state index contributed by atoms with van der Waals surface area (Å²) in [5.41, 5.74) is -0.391. The summed E-state index contributed by atoms with van der Waals surface area (Å²) in [6, 6.07) is 0.895. The molecule has 0 aliphatic carbocycles. The van der Waals surface area contributed by atoms with Gasteiger partial charge in [0.1, 0.15) is 5.60 Å². The molecule has 0 rings (SSSR count). The maximum Gasteiger partial charge on any atom is 0.289 e. The molecule has 0 amide bonds. The highest BCUT2D eigenvalue weighted by Crippen LogP contribution is 2.38. The van der Waals surface area contributed by atoms with Crippen LogP contribution in [-0.4, -0.2) is 33.6 Å². The van der Waals surface area contributed by atoms with Crippen molar-refractivity contribution in [1.82, 2.24) is 4.90 Å². The first-order valence-corrected chi connectivity index (χ1v) is 9.64. The summed E-state index contributed by atoms with van der Waals surface area (Å²) in [7, 11) is 0. The molecule has 0 fully saturated rings. The van der Waals surface area contributed by atoms with Crippen LogP contribution in [0, 0.1) is 10.8 Å². The van der Waals surface area contributed by atoms with Gasteiger partial charge in [-0.15, -0.1) is 0 Å². The highest BCUT2D eigenvalue weighted by atomic mass is 16.5. The van der Waals surface area contributed by atoms with Gasteiger partial charge >= 0.3 is 0 Å². The monoisotopic (exact) mass is 354 g/mol. The zero-order valence-corrected chi connectivity index (χ0v) is 19.9. The Morgan fingerprint density at radius 1 is 0.640 bits per heavy atom. The molecule has 0 N–H and O–H groups in total. The number of aliphatic imine (C=N–C) groups is 1. The molecule has 0 aromatic heterocycles. The SMILES string of the molecule is CC(C)(C)OC(=NC(C(C)(C)C)C(C)(C)C)N(C(C)(C)C)C(C)(C)C. The molecule has 3 heteroatoms. The molecule has 0 aliphatic heterocycles. The summed E-state index contributed by atoms with van der Waals surface area (Å²) >= 11 is 0. The van der Waals surface area contributed by atoms with Crippen LogP contribution in [0.2, 0.25) is 0 Å². The topological polar surface area (TPSA) is 24.8 Å². The third-order valence-electron chi connectivity index (χ3n) is 3.81. The summed E-state index contributed by atoms with van der Waals surface area (Å²) in [6.45, 7) is 33.2. The molecule has 0 aromatic rings. The number of nitrogens with zero attached hydrogens (tertiary/aromatic N) is 2. The first kappa shape index (κ1) is 24.3. The second-order valence-corrected chi connectivity index (χ2v) is 12.4. The lowest BCUT2D eigenvalue weighted by Crippen LogP contribution is -2.58. The summed E-state index contributed by atoms with van der Waals surface area (Å²) in [4.78, 5) is 7.59. The van der Waals surface area contributed by atoms with Crippen LogP contribution < -0.4 is 0 Å². The van der Waals surface area contributed by atoms with Gasteiger partial charge in [-0.25, -0.2) is 4.99 Å². The van der Waals surface area contributed by atoms with Crippen molar-refractivity contribution >= 4 is 6.02 Å². The average Bonchev–Trinajstić information content (AvgIpc) is 2.15. The van der Waals surface area contributed by atoms with E-state index in [-0.39, 0.29) is 33.6 Å². The Morgan fingerprint density at radius 3 is 1.16 bits per heavy atom. The van der Waals surface area contributed by atoms with Crippen molar-refractivity contribution in [2.45, 2.75) is 127 Å². The Kier molecular flexibility index (Phi) is 6.91. The van der Waals surface area contributed by atoms with Crippen LogP contribution in [0.25, 0.3) is 0 Å². The third kappa shape index (κ3) is 8.00. The van der Waals surface area contributed by atoms with Crippen LogP contribution in [-0.2, 0) is 4.74 Å². The highest BCUT2D eigenvalue weighted by Gasteiger charge is 2.41. The normalized spacial score (nSPS) is 15.6. The van der Waals surface area contributed by atoms with E-state index < -0.39 is 0 Å². The van der Waals surface area contributed by atoms with Crippen LogP contribution in [0.15, 0.2) is 4.99 Å². The van der Waals surface area contributed by atoms with E-state index in [0.29, 0.717) is 0 Å². The summed E-state index contributed by atoms with van der Waals surface area (Å²) in [6.07, 6.45) is 0. The van der Waals surface area contributed by atoms with Crippen molar-refractivity contribution in [3.8, 4) is 0 Å². The Bertz CT molecular complexity index is 429. The van der Waals surface area contributed by atoms with Gasteiger partial charge in [-0.2, -0.15) is 0 Å². The van der Waals surface area contributed by atoms with E-state index in [1.165, 1.54) is 0 Å². The van der Waals surface area contributed by atoms with Gasteiger partial charge in [0, 0.05) is 11.1 Å². The highest BCUT2D eigenvalue weighted by molar-refractivity contribution is 5.76. The first-order chi connectivity index (χ1) is 10.6. The van der Waals surface area contributed by atoms with Gasteiger partial charge in [0.25, 0.3) is 6.02 Å². The van der Waals surface area contributed by atoms with Gasteiger partial charge in [0.2, 0.25) is 0 Å². The van der Waals surface area contributed by atoms with E-state index in [1.54, 1.807) is 0 Å². The average molecular weight is 355 g/mol. The molecule has 0 spiro atoms. The molecule has 3 nitrogen and oxygen atoms in total. The number of amidine groups is 1. The molecular weight excluding hydrogens is 308 g/mol. The van der Waals surface area contributed by atoms with E-state index in [9.17, 15) is 0 Å². The van der Waals surface area contributed by atoms with E-state index in [0.717, 1.165) is 6.02 Å². The van der Waals surface area contributed by atoms with E-state index in [1.807, 2.05) is 0 Å². The minimum Gasteiger partial charge on any atom is -0.459 e. The minimum absolute atomic E-state index is 0.0478. The molecule has 0 unspecified atom stereocenters. The van der Waals surface area contributed by atoms with Crippen LogP contribution in [0.3, 0.4) is 0 Å². The van der Waals surface area contributed by atoms with Crippen molar-refractivity contribution in [3.05, 3.63) is 0 Å². The van der Waals surface area contributed by atoms with Crippen molar-refractivity contribution in [3.63, 3.8) is 0 Å². The second kappa shape index (κ2) is 7.12. The maximum absolute atomic E-state index is 6.45. The van der Waals surface area contributed by atoms with Gasteiger partial charge in [0.05, 0.1) is 6.04 Å². The predicted molar refractivity (Wildman–Crippen MR) is 112 cm³/mol. The fraction of sp³-hybridized carbons (Fsp3) is 0.955. The predicted octanol–water partition coefficient (Wildman–Crippen LogP) is 6.52. The molecule has 25 heavy (non-hydrogen) atoms. The van der Waals surface area contributed by atoms with Gasteiger partial charge in [-0.1, -0.05) is 41.5 Å². The smallest absolute Gasteiger partial charge is 0.289 e.